The van der Waals surface area contributed by atoms with Gasteiger partial charge in [-0.15, -0.1) is 5.10 Å². The van der Waals surface area contributed by atoms with E-state index in [1.54, 1.807) is 23.8 Å². The van der Waals surface area contributed by atoms with Crippen molar-refractivity contribution in [3.05, 3.63) is 45.9 Å². The van der Waals surface area contributed by atoms with Gasteiger partial charge in [-0.25, -0.2) is 14.7 Å². The summed E-state index contributed by atoms with van der Waals surface area (Å²) in [6.45, 7) is 1.16. The summed E-state index contributed by atoms with van der Waals surface area (Å²) in [5.74, 6) is 0.291. The maximum absolute atomic E-state index is 11.7. The van der Waals surface area contributed by atoms with Crippen LogP contribution in [0.1, 0.15) is 22.3 Å². The Hall–Kier alpha value is -2.06. The molecular weight excluding hydrogens is 318 g/mol. The third-order valence-corrected chi connectivity index (χ3v) is 4.24. The molecule has 7 nitrogen and oxygen atoms in total. The molecule has 8 heteroatoms. The number of aromatic nitrogens is 3. The standard InChI is InChI=1S/C15H19N3O4S/c1-21-9-3-8-18-14(20)16-17-15(18)23-10-11-4-6-12(7-5-11)13(19)22-2/h4-7H,3,8-10H2,1-2H3,(H,16,20). The third kappa shape index (κ3) is 4.70. The van der Waals surface area contributed by atoms with Crippen molar-refractivity contribution in [2.24, 2.45) is 0 Å². The van der Waals surface area contributed by atoms with Crippen LogP contribution in [0.2, 0.25) is 0 Å². The molecule has 0 aliphatic heterocycles. The number of hydrogen-bond donors (Lipinski definition) is 1. The smallest absolute Gasteiger partial charge is 0.343 e. The van der Waals surface area contributed by atoms with Gasteiger partial charge in [-0.05, 0) is 24.1 Å². The maximum atomic E-state index is 11.7. The Labute approximate surface area is 138 Å². The molecule has 1 heterocycles. The van der Waals surface area contributed by atoms with Crippen molar-refractivity contribution in [2.45, 2.75) is 23.9 Å². The first kappa shape index (κ1) is 17.3. The number of methoxy groups -OCH3 is 2. The lowest BCUT2D eigenvalue weighted by atomic mass is 10.1. The summed E-state index contributed by atoms with van der Waals surface area (Å²) < 4.78 is 11.3. The summed E-state index contributed by atoms with van der Waals surface area (Å²) in [5, 5.41) is 7.15. The second-order valence-corrected chi connectivity index (χ2v) is 5.73. The summed E-state index contributed by atoms with van der Waals surface area (Å²) in [7, 11) is 2.98. The molecule has 1 aromatic carbocycles. The first-order valence-corrected chi connectivity index (χ1v) is 8.08. The molecule has 1 N–H and O–H groups in total. The van der Waals surface area contributed by atoms with Gasteiger partial charge in [0.05, 0.1) is 12.7 Å². The van der Waals surface area contributed by atoms with Gasteiger partial charge >= 0.3 is 11.7 Å². The molecular formula is C15H19N3O4S. The van der Waals surface area contributed by atoms with Gasteiger partial charge < -0.3 is 9.47 Å². The van der Waals surface area contributed by atoms with E-state index in [1.165, 1.54) is 18.9 Å². The second-order valence-electron chi connectivity index (χ2n) is 4.79. The van der Waals surface area contributed by atoms with E-state index in [-0.39, 0.29) is 11.7 Å². The van der Waals surface area contributed by atoms with Crippen molar-refractivity contribution in [3.63, 3.8) is 0 Å². The van der Waals surface area contributed by atoms with E-state index >= 15 is 0 Å². The van der Waals surface area contributed by atoms with Gasteiger partial charge in [-0.1, -0.05) is 23.9 Å². The predicted molar refractivity (Wildman–Crippen MR) is 86.7 cm³/mol. The van der Waals surface area contributed by atoms with Gasteiger partial charge in [0.25, 0.3) is 0 Å². The fourth-order valence-corrected chi connectivity index (χ4v) is 2.91. The second kappa shape index (κ2) is 8.54. The van der Waals surface area contributed by atoms with Crippen LogP contribution >= 0.6 is 11.8 Å². The van der Waals surface area contributed by atoms with Crippen molar-refractivity contribution < 1.29 is 14.3 Å². The van der Waals surface area contributed by atoms with Crippen LogP contribution in [0.5, 0.6) is 0 Å². The first-order chi connectivity index (χ1) is 11.2. The highest BCUT2D eigenvalue weighted by Gasteiger charge is 2.09. The summed E-state index contributed by atoms with van der Waals surface area (Å²) >= 11 is 1.46. The van der Waals surface area contributed by atoms with Crippen molar-refractivity contribution in [2.75, 3.05) is 20.8 Å². The minimum absolute atomic E-state index is 0.218. The Balaban J connectivity index is 1.98. The molecule has 0 atom stereocenters. The molecule has 0 amide bonds. The molecule has 0 aliphatic carbocycles. The molecule has 2 rings (SSSR count). The normalized spacial score (nSPS) is 10.7. The highest BCUT2D eigenvalue weighted by Crippen LogP contribution is 2.20. The van der Waals surface area contributed by atoms with E-state index in [2.05, 4.69) is 14.9 Å². The maximum Gasteiger partial charge on any atom is 0.343 e. The summed E-state index contributed by atoms with van der Waals surface area (Å²) in [6, 6.07) is 7.16. The van der Waals surface area contributed by atoms with E-state index in [9.17, 15) is 9.59 Å². The number of ether oxygens (including phenoxy) is 2. The minimum Gasteiger partial charge on any atom is -0.465 e. The number of H-pyrrole nitrogens is 1. The van der Waals surface area contributed by atoms with Crippen LogP contribution in [0.4, 0.5) is 0 Å². The summed E-state index contributed by atoms with van der Waals surface area (Å²) in [6.07, 6.45) is 0.747. The van der Waals surface area contributed by atoms with Crippen molar-refractivity contribution >= 4 is 17.7 Å². The van der Waals surface area contributed by atoms with Crippen LogP contribution in [0.15, 0.2) is 34.2 Å². The lowest BCUT2D eigenvalue weighted by Crippen LogP contribution is -2.18. The van der Waals surface area contributed by atoms with Crippen LogP contribution in [0, 0.1) is 0 Å². The van der Waals surface area contributed by atoms with Gasteiger partial charge in [0.1, 0.15) is 0 Å². The SMILES string of the molecule is COCCCn1c(SCc2ccc(C(=O)OC)cc2)n[nH]c1=O. The number of hydrogen-bond acceptors (Lipinski definition) is 6. The Kier molecular flexibility index (Phi) is 6.42. The fraction of sp³-hybridized carbons (Fsp3) is 0.400. The van der Waals surface area contributed by atoms with Crippen LogP contribution in [0.25, 0.3) is 0 Å². The zero-order valence-electron chi connectivity index (χ0n) is 13.1. The zero-order valence-corrected chi connectivity index (χ0v) is 13.9. The number of nitrogens with zero attached hydrogens (tertiary/aromatic N) is 2. The van der Waals surface area contributed by atoms with E-state index in [0.29, 0.717) is 29.6 Å². The number of thioether (sulfide) groups is 1. The number of carbonyl (C=O) groups is 1. The molecule has 0 fully saturated rings. The van der Waals surface area contributed by atoms with Crippen LogP contribution in [-0.4, -0.2) is 41.6 Å². The van der Waals surface area contributed by atoms with E-state index in [4.69, 9.17) is 4.74 Å². The molecule has 0 aliphatic rings. The van der Waals surface area contributed by atoms with Gasteiger partial charge in [-0.3, -0.25) is 4.57 Å². The highest BCUT2D eigenvalue weighted by atomic mass is 32.2. The monoisotopic (exact) mass is 337 g/mol. The average Bonchev–Trinajstić information content (AvgIpc) is 2.93. The molecule has 2 aromatic rings. The molecule has 0 saturated heterocycles. The largest absolute Gasteiger partial charge is 0.465 e. The Morgan fingerprint density at radius 3 is 2.70 bits per heavy atom. The first-order valence-electron chi connectivity index (χ1n) is 7.10. The average molecular weight is 337 g/mol. The minimum atomic E-state index is -0.358. The topological polar surface area (TPSA) is 86.2 Å². The van der Waals surface area contributed by atoms with Crippen molar-refractivity contribution in [3.8, 4) is 0 Å². The Bertz CT molecular complexity index is 693. The molecule has 0 radical (unpaired) electrons. The van der Waals surface area contributed by atoms with Gasteiger partial charge in [0, 0.05) is 26.0 Å². The molecule has 0 unspecified atom stereocenters. The van der Waals surface area contributed by atoms with E-state index in [0.717, 1.165) is 12.0 Å². The number of rotatable bonds is 8. The van der Waals surface area contributed by atoms with Gasteiger partial charge in [-0.2, -0.15) is 0 Å². The fourth-order valence-electron chi connectivity index (χ4n) is 1.98. The Morgan fingerprint density at radius 2 is 2.04 bits per heavy atom. The third-order valence-electron chi connectivity index (χ3n) is 3.20. The number of carbonyl (C=O) groups excluding carboxylic acids is 1. The molecule has 23 heavy (non-hydrogen) atoms. The molecule has 0 spiro atoms. The quantitative estimate of drug-likeness (QED) is 0.448. The van der Waals surface area contributed by atoms with Crippen LogP contribution < -0.4 is 5.69 Å². The number of esters is 1. The number of benzene rings is 1. The van der Waals surface area contributed by atoms with Crippen LogP contribution in [0.3, 0.4) is 0 Å². The molecule has 1 aromatic heterocycles. The van der Waals surface area contributed by atoms with Crippen molar-refractivity contribution in [1.82, 2.24) is 14.8 Å². The number of aromatic amines is 1. The van der Waals surface area contributed by atoms with Gasteiger partial charge in [0.15, 0.2) is 5.16 Å². The highest BCUT2D eigenvalue weighted by molar-refractivity contribution is 7.98. The van der Waals surface area contributed by atoms with Crippen molar-refractivity contribution in [1.29, 1.82) is 0 Å². The molecule has 0 saturated carbocycles. The lowest BCUT2D eigenvalue weighted by Gasteiger charge is -2.06. The lowest BCUT2D eigenvalue weighted by molar-refractivity contribution is 0.0600. The molecule has 124 valence electrons. The zero-order chi connectivity index (χ0) is 16.7. The van der Waals surface area contributed by atoms with E-state index in [1.807, 2.05) is 12.1 Å². The number of nitrogens with one attached hydrogen (secondary N) is 1. The van der Waals surface area contributed by atoms with E-state index < -0.39 is 0 Å². The molecule has 0 bridgehead atoms. The Morgan fingerprint density at radius 1 is 1.30 bits per heavy atom. The van der Waals surface area contributed by atoms with Crippen LogP contribution in [-0.2, 0) is 21.8 Å². The summed E-state index contributed by atoms with van der Waals surface area (Å²) in [4.78, 5) is 23.1. The predicted octanol–water partition coefficient (Wildman–Crippen LogP) is 1.69. The summed E-state index contributed by atoms with van der Waals surface area (Å²) in [5.41, 5.74) is 1.32. The van der Waals surface area contributed by atoms with Gasteiger partial charge in [0.2, 0.25) is 0 Å².